The lowest BCUT2D eigenvalue weighted by Gasteiger charge is -2.11. The van der Waals surface area contributed by atoms with Crippen LogP contribution in [0.15, 0.2) is 29.6 Å². The number of hydrogen-bond donors (Lipinski definition) is 0. The van der Waals surface area contributed by atoms with Gasteiger partial charge in [-0.25, -0.2) is 0 Å². The zero-order chi connectivity index (χ0) is 10.8. The van der Waals surface area contributed by atoms with Crippen molar-refractivity contribution in [2.75, 3.05) is 5.01 Å². The van der Waals surface area contributed by atoms with Gasteiger partial charge >= 0.3 is 0 Å². The molecule has 1 aromatic rings. The number of carbonyl (C=O) groups excluding carboxylic acids is 2. The zero-order valence-corrected chi connectivity index (χ0v) is 7.84. The molecule has 15 heavy (non-hydrogen) atoms. The van der Waals surface area contributed by atoms with E-state index in [9.17, 15) is 14.5 Å². The molecule has 0 saturated carbocycles. The number of hydrogen-bond acceptors (Lipinski definition) is 4. The Morgan fingerprint density at radius 1 is 1.13 bits per heavy atom. The second-order valence-corrected chi connectivity index (χ2v) is 3.23. The summed E-state index contributed by atoms with van der Waals surface area (Å²) in [6.07, 6.45) is 0.154. The largest absolute Gasteiger partial charge is 0.294 e. The van der Waals surface area contributed by atoms with Crippen molar-refractivity contribution < 1.29 is 9.59 Å². The number of Topliss-reactive ketones (excluding diaryl/α,β-unsaturated/α-hetero) is 1. The molecule has 0 atom stereocenters. The van der Waals surface area contributed by atoms with Crippen LogP contribution in [0, 0.1) is 4.91 Å². The number of benzene rings is 1. The number of amides is 1. The highest BCUT2D eigenvalue weighted by atomic mass is 16.3. The molecule has 0 aliphatic carbocycles. The van der Waals surface area contributed by atoms with Crippen molar-refractivity contribution in [2.24, 2.45) is 5.29 Å². The van der Waals surface area contributed by atoms with Crippen LogP contribution in [0.1, 0.15) is 23.2 Å². The first-order valence-corrected chi connectivity index (χ1v) is 4.52. The smallest absolute Gasteiger partial charge is 0.250 e. The van der Waals surface area contributed by atoms with Crippen molar-refractivity contribution in [3.8, 4) is 0 Å². The van der Waals surface area contributed by atoms with Gasteiger partial charge in [-0.2, -0.15) is 5.01 Å². The van der Waals surface area contributed by atoms with Crippen molar-refractivity contribution in [3.63, 3.8) is 0 Å². The molecule has 5 heteroatoms. The lowest BCUT2D eigenvalue weighted by molar-refractivity contribution is -0.118. The van der Waals surface area contributed by atoms with Crippen molar-refractivity contribution in [1.82, 2.24) is 0 Å². The van der Waals surface area contributed by atoms with Gasteiger partial charge in [-0.05, 0) is 12.1 Å². The Morgan fingerprint density at radius 2 is 1.87 bits per heavy atom. The minimum Gasteiger partial charge on any atom is -0.294 e. The molecule has 76 valence electrons. The van der Waals surface area contributed by atoms with Gasteiger partial charge in [0.2, 0.25) is 5.91 Å². The van der Waals surface area contributed by atoms with E-state index in [1.165, 1.54) is 6.07 Å². The van der Waals surface area contributed by atoms with Crippen LogP contribution in [0.3, 0.4) is 0 Å². The van der Waals surface area contributed by atoms with Gasteiger partial charge in [0.15, 0.2) is 5.78 Å². The van der Waals surface area contributed by atoms with E-state index in [1.807, 2.05) is 0 Å². The molecule has 0 spiro atoms. The van der Waals surface area contributed by atoms with Gasteiger partial charge in [0.25, 0.3) is 0 Å². The minimum absolute atomic E-state index is 0.0270. The summed E-state index contributed by atoms with van der Waals surface area (Å²) in [6, 6.07) is 6.48. The Bertz CT molecular complexity index is 442. The summed E-state index contributed by atoms with van der Waals surface area (Å²) >= 11 is 0. The Balaban J connectivity index is 2.60. The fourth-order valence-corrected chi connectivity index (χ4v) is 1.58. The highest BCUT2D eigenvalue weighted by Gasteiger charge is 2.26. The van der Waals surface area contributed by atoms with E-state index in [0.29, 0.717) is 5.56 Å². The van der Waals surface area contributed by atoms with E-state index in [4.69, 9.17) is 0 Å². The first-order chi connectivity index (χ1) is 7.24. The summed E-state index contributed by atoms with van der Waals surface area (Å²) in [6.45, 7) is 0. The summed E-state index contributed by atoms with van der Waals surface area (Å²) in [4.78, 5) is 33.6. The highest BCUT2D eigenvalue weighted by molar-refractivity contribution is 6.09. The van der Waals surface area contributed by atoms with Crippen LogP contribution in [-0.2, 0) is 4.79 Å². The monoisotopic (exact) mass is 204 g/mol. The molecule has 0 aromatic heterocycles. The number of ketones is 1. The summed E-state index contributed by atoms with van der Waals surface area (Å²) in [5.41, 5.74) is 0.656. The second kappa shape index (κ2) is 3.61. The third-order valence-electron chi connectivity index (χ3n) is 2.32. The summed E-state index contributed by atoms with van der Waals surface area (Å²) in [5, 5.41) is 3.40. The molecule has 1 amide bonds. The fraction of sp³-hybridized carbons (Fsp3) is 0.200. The Morgan fingerprint density at radius 3 is 2.60 bits per heavy atom. The van der Waals surface area contributed by atoms with Crippen LogP contribution < -0.4 is 5.01 Å². The van der Waals surface area contributed by atoms with Crippen LogP contribution in [0.5, 0.6) is 0 Å². The molecule has 2 rings (SSSR count). The molecule has 0 bridgehead atoms. The maximum atomic E-state index is 11.6. The maximum absolute atomic E-state index is 11.6. The van der Waals surface area contributed by atoms with Gasteiger partial charge in [0.05, 0.1) is 11.0 Å². The number of rotatable bonds is 1. The first-order valence-electron chi connectivity index (χ1n) is 4.52. The topological polar surface area (TPSA) is 66.8 Å². The minimum atomic E-state index is -0.441. The molecule has 0 saturated heterocycles. The van der Waals surface area contributed by atoms with Gasteiger partial charge in [-0.15, -0.1) is 4.91 Å². The van der Waals surface area contributed by atoms with Crippen molar-refractivity contribution in [1.29, 1.82) is 0 Å². The quantitative estimate of drug-likeness (QED) is 0.653. The predicted octanol–water partition coefficient (Wildman–Crippen LogP) is 1.68. The lowest BCUT2D eigenvalue weighted by atomic mass is 10.1. The van der Waals surface area contributed by atoms with Crippen LogP contribution in [-0.4, -0.2) is 11.7 Å². The molecular formula is C10H8N2O3. The summed E-state index contributed by atoms with van der Waals surface area (Å²) < 4.78 is 0. The summed E-state index contributed by atoms with van der Waals surface area (Å²) in [7, 11) is 0. The van der Waals surface area contributed by atoms with Crippen LogP contribution in [0.25, 0.3) is 0 Å². The predicted molar refractivity (Wildman–Crippen MR) is 53.3 cm³/mol. The number of carbonyl (C=O) groups is 2. The van der Waals surface area contributed by atoms with E-state index in [2.05, 4.69) is 5.29 Å². The van der Waals surface area contributed by atoms with E-state index < -0.39 is 5.91 Å². The zero-order valence-electron chi connectivity index (χ0n) is 7.84. The van der Waals surface area contributed by atoms with Gasteiger partial charge in [-0.3, -0.25) is 9.59 Å². The third-order valence-corrected chi connectivity index (χ3v) is 2.32. The van der Waals surface area contributed by atoms with Gasteiger partial charge in [0, 0.05) is 18.4 Å². The van der Waals surface area contributed by atoms with E-state index in [-0.39, 0.29) is 24.3 Å². The average Bonchev–Trinajstić information content (AvgIpc) is 2.38. The Kier molecular flexibility index (Phi) is 2.29. The van der Waals surface area contributed by atoms with Crippen molar-refractivity contribution >= 4 is 17.4 Å². The molecule has 0 fully saturated rings. The molecule has 0 unspecified atom stereocenters. The second-order valence-electron chi connectivity index (χ2n) is 3.23. The molecule has 0 radical (unpaired) electrons. The SMILES string of the molecule is O=NN1C(=O)CCC(=O)c2ccccc21. The van der Waals surface area contributed by atoms with Crippen LogP contribution in [0.4, 0.5) is 5.69 Å². The lowest BCUT2D eigenvalue weighted by Crippen LogP contribution is -2.23. The van der Waals surface area contributed by atoms with Crippen LogP contribution >= 0.6 is 0 Å². The van der Waals surface area contributed by atoms with Gasteiger partial charge in [0.1, 0.15) is 0 Å². The van der Waals surface area contributed by atoms with Gasteiger partial charge < -0.3 is 0 Å². The van der Waals surface area contributed by atoms with Crippen LogP contribution in [0.2, 0.25) is 0 Å². The molecule has 1 aliphatic rings. The van der Waals surface area contributed by atoms with Crippen molar-refractivity contribution in [3.05, 3.63) is 34.7 Å². The number of para-hydroxylation sites is 1. The molecule has 1 aromatic carbocycles. The molecule has 1 heterocycles. The standard InChI is InChI=1S/C10H8N2O3/c13-9-5-6-10(14)12(11-15)8-4-2-1-3-7(8)9/h1-4H,5-6H2. The first kappa shape index (κ1) is 9.51. The van der Waals surface area contributed by atoms with E-state index >= 15 is 0 Å². The maximum Gasteiger partial charge on any atom is 0.250 e. The van der Waals surface area contributed by atoms with E-state index in [1.54, 1.807) is 18.2 Å². The molecule has 0 N–H and O–H groups in total. The molecular weight excluding hydrogens is 196 g/mol. The third kappa shape index (κ3) is 1.52. The number of fused-ring (bicyclic) bond motifs is 1. The summed E-state index contributed by atoms with van der Waals surface area (Å²) in [5.74, 6) is -0.576. The fourth-order valence-electron chi connectivity index (χ4n) is 1.58. The Hall–Kier alpha value is -2.04. The number of nitroso groups, excluding NO2 is 1. The Labute approximate surface area is 85.6 Å². The van der Waals surface area contributed by atoms with Gasteiger partial charge in [-0.1, -0.05) is 12.1 Å². The molecule has 5 nitrogen and oxygen atoms in total. The number of anilines is 1. The average molecular weight is 204 g/mol. The normalized spacial score (nSPS) is 15.9. The van der Waals surface area contributed by atoms with E-state index in [0.717, 1.165) is 5.01 Å². The highest BCUT2D eigenvalue weighted by Crippen LogP contribution is 2.26. The van der Waals surface area contributed by atoms with Crippen molar-refractivity contribution in [2.45, 2.75) is 12.8 Å². The number of nitrogens with zero attached hydrogens (tertiary/aromatic N) is 2. The molecule has 1 aliphatic heterocycles.